The van der Waals surface area contributed by atoms with Crippen molar-refractivity contribution in [2.75, 3.05) is 29.3 Å². The van der Waals surface area contributed by atoms with Crippen LogP contribution < -0.4 is 9.62 Å². The van der Waals surface area contributed by atoms with Crippen molar-refractivity contribution in [1.29, 1.82) is 0 Å². The summed E-state index contributed by atoms with van der Waals surface area (Å²) in [4.78, 5) is 30.0. The Labute approximate surface area is 181 Å². The van der Waals surface area contributed by atoms with Crippen LogP contribution in [0.4, 0.5) is 11.5 Å². The number of sulfonamides is 1. The summed E-state index contributed by atoms with van der Waals surface area (Å²) in [6.07, 6.45) is 2.63. The average molecular weight is 448 g/mol. The number of carbonyl (C=O) groups is 2. The Hall–Kier alpha value is -3.14. The molecule has 2 aromatic rings. The maximum atomic E-state index is 12.7. The summed E-state index contributed by atoms with van der Waals surface area (Å²) in [5.41, 5.74) is 0.680. The van der Waals surface area contributed by atoms with Crippen LogP contribution in [-0.2, 0) is 19.6 Å². The third-order valence-corrected chi connectivity index (χ3v) is 6.37. The van der Waals surface area contributed by atoms with E-state index in [0.29, 0.717) is 25.9 Å². The van der Waals surface area contributed by atoms with Gasteiger partial charge in [0.25, 0.3) is 10.0 Å². The molecule has 2 N–H and O–H groups in total. The van der Waals surface area contributed by atoms with E-state index in [1.807, 2.05) is 0 Å². The summed E-state index contributed by atoms with van der Waals surface area (Å²) in [7, 11) is -3.90. The highest BCUT2D eigenvalue weighted by molar-refractivity contribution is 7.92. The molecule has 9 nitrogen and oxygen atoms in total. The molecule has 3 rings (SSSR count). The first-order chi connectivity index (χ1) is 14.7. The zero-order valence-corrected chi connectivity index (χ0v) is 18.2. The van der Waals surface area contributed by atoms with E-state index in [0.717, 1.165) is 5.56 Å². The molecule has 1 atom stereocenters. The van der Waals surface area contributed by atoms with Crippen molar-refractivity contribution >= 4 is 33.5 Å². The van der Waals surface area contributed by atoms with Crippen molar-refractivity contribution in [3.05, 3.63) is 47.7 Å². The fraction of sp³-hybridized carbons (Fsp3) is 0.381. The minimum Gasteiger partial charge on any atom is -0.478 e. The Morgan fingerprint density at radius 2 is 2.10 bits per heavy atom. The van der Waals surface area contributed by atoms with Gasteiger partial charge in [0.15, 0.2) is 0 Å². The number of aromatic nitrogens is 1. The minimum atomic E-state index is -3.90. The first-order valence-electron chi connectivity index (χ1n) is 9.95. The number of aromatic carboxylic acids is 1. The first-order valence-corrected chi connectivity index (χ1v) is 11.4. The predicted molar refractivity (Wildman–Crippen MR) is 115 cm³/mol. The van der Waals surface area contributed by atoms with Gasteiger partial charge in [0.1, 0.15) is 11.4 Å². The van der Waals surface area contributed by atoms with Gasteiger partial charge >= 0.3 is 11.9 Å². The lowest BCUT2D eigenvalue weighted by Gasteiger charge is -2.33. The van der Waals surface area contributed by atoms with E-state index in [1.54, 1.807) is 30.9 Å². The molecule has 1 fully saturated rings. The van der Waals surface area contributed by atoms with Crippen molar-refractivity contribution in [1.82, 2.24) is 4.98 Å². The van der Waals surface area contributed by atoms with E-state index < -0.39 is 16.0 Å². The van der Waals surface area contributed by atoms with E-state index in [1.165, 1.54) is 24.4 Å². The second-order valence-electron chi connectivity index (χ2n) is 7.36. The van der Waals surface area contributed by atoms with Gasteiger partial charge in [0.2, 0.25) is 0 Å². The largest absolute Gasteiger partial charge is 0.478 e. The normalized spacial score (nSPS) is 16.6. The Morgan fingerprint density at radius 1 is 1.32 bits per heavy atom. The summed E-state index contributed by atoms with van der Waals surface area (Å²) in [6.45, 7) is 4.63. The molecule has 2 heterocycles. The van der Waals surface area contributed by atoms with Crippen LogP contribution in [0, 0.1) is 12.8 Å². The topological polar surface area (TPSA) is 126 Å². The molecule has 1 saturated heterocycles. The Balaban J connectivity index is 1.86. The number of anilines is 2. The molecule has 1 aromatic heterocycles. The number of piperidine rings is 1. The Morgan fingerprint density at radius 3 is 2.77 bits per heavy atom. The molecule has 1 aliphatic rings. The van der Waals surface area contributed by atoms with Gasteiger partial charge in [-0.25, -0.2) is 18.2 Å². The molecule has 0 bridgehead atoms. The number of carboxylic acid groups (broad SMARTS) is 1. The Bertz CT molecular complexity index is 1090. The number of esters is 1. The van der Waals surface area contributed by atoms with Crippen molar-refractivity contribution in [3.63, 3.8) is 0 Å². The lowest BCUT2D eigenvalue weighted by Crippen LogP contribution is -2.40. The summed E-state index contributed by atoms with van der Waals surface area (Å²) >= 11 is 0. The van der Waals surface area contributed by atoms with Crippen LogP contribution in [0.25, 0.3) is 0 Å². The standard InChI is InChI=1S/C21H25N3O6S/c1-3-30-21(27)15-7-5-9-24(13-15)19-18(20(25)26)11-16(12-22-19)23-31(28,29)17-8-4-6-14(2)10-17/h4,6,8,10-12,15,23H,3,5,7,9,13H2,1-2H3,(H,25,26)/t15-/m1/s1. The number of carboxylic acids is 1. The lowest BCUT2D eigenvalue weighted by atomic mass is 9.98. The van der Waals surface area contributed by atoms with Gasteiger partial charge in [-0.15, -0.1) is 0 Å². The number of benzene rings is 1. The van der Waals surface area contributed by atoms with Gasteiger partial charge in [0.05, 0.1) is 29.3 Å². The SMILES string of the molecule is CCOC(=O)[C@@H]1CCCN(c2ncc(NS(=O)(=O)c3cccc(C)c3)cc2C(=O)O)C1. The van der Waals surface area contributed by atoms with E-state index >= 15 is 0 Å². The molecule has 0 amide bonds. The Kier molecular flexibility index (Phi) is 6.79. The third-order valence-electron chi connectivity index (χ3n) is 4.99. The van der Waals surface area contributed by atoms with Crippen molar-refractivity contribution in [2.45, 2.75) is 31.6 Å². The smallest absolute Gasteiger partial charge is 0.339 e. The number of hydrogen-bond acceptors (Lipinski definition) is 7. The molecule has 0 radical (unpaired) electrons. The lowest BCUT2D eigenvalue weighted by molar-refractivity contribution is -0.148. The first kappa shape index (κ1) is 22.5. The second kappa shape index (κ2) is 9.34. The molecule has 31 heavy (non-hydrogen) atoms. The molecular formula is C21H25N3O6S. The van der Waals surface area contributed by atoms with Gasteiger partial charge in [-0.05, 0) is 50.5 Å². The van der Waals surface area contributed by atoms with Gasteiger partial charge in [-0.3, -0.25) is 9.52 Å². The molecule has 0 saturated carbocycles. The fourth-order valence-corrected chi connectivity index (χ4v) is 4.68. The number of nitrogens with one attached hydrogen (secondary N) is 1. The van der Waals surface area contributed by atoms with Crippen LogP contribution in [0.1, 0.15) is 35.7 Å². The number of pyridine rings is 1. The summed E-state index contributed by atoms with van der Waals surface area (Å²) in [5.74, 6) is -1.72. The predicted octanol–water partition coefficient (Wildman–Crippen LogP) is 2.67. The quantitative estimate of drug-likeness (QED) is 0.621. The van der Waals surface area contributed by atoms with Gasteiger partial charge in [0, 0.05) is 13.1 Å². The van der Waals surface area contributed by atoms with Crippen molar-refractivity contribution in [2.24, 2.45) is 5.92 Å². The number of rotatable bonds is 7. The van der Waals surface area contributed by atoms with Crippen molar-refractivity contribution < 1.29 is 27.9 Å². The average Bonchev–Trinajstić information content (AvgIpc) is 2.73. The number of carbonyl (C=O) groups excluding carboxylic acids is 1. The molecule has 1 aromatic carbocycles. The number of hydrogen-bond donors (Lipinski definition) is 2. The number of aryl methyl sites for hydroxylation is 1. The van der Waals surface area contributed by atoms with E-state index in [4.69, 9.17) is 4.74 Å². The molecule has 166 valence electrons. The molecule has 10 heteroatoms. The van der Waals surface area contributed by atoms with Crippen LogP contribution in [0.15, 0.2) is 41.4 Å². The highest BCUT2D eigenvalue weighted by atomic mass is 32.2. The van der Waals surface area contributed by atoms with Crippen LogP contribution in [0.3, 0.4) is 0 Å². The molecule has 0 unspecified atom stereocenters. The van der Waals surface area contributed by atoms with Gasteiger partial charge < -0.3 is 14.7 Å². The van der Waals surface area contributed by atoms with Gasteiger partial charge in [-0.2, -0.15) is 0 Å². The van der Waals surface area contributed by atoms with E-state index in [2.05, 4.69) is 9.71 Å². The fourth-order valence-electron chi connectivity index (χ4n) is 3.54. The van der Waals surface area contributed by atoms with Crippen LogP contribution in [-0.4, -0.2) is 50.1 Å². The highest BCUT2D eigenvalue weighted by Gasteiger charge is 2.30. The van der Waals surface area contributed by atoms with Gasteiger partial charge in [-0.1, -0.05) is 12.1 Å². The second-order valence-corrected chi connectivity index (χ2v) is 9.04. The van der Waals surface area contributed by atoms with Crippen LogP contribution in [0.5, 0.6) is 0 Å². The zero-order valence-electron chi connectivity index (χ0n) is 17.4. The van der Waals surface area contributed by atoms with Crippen LogP contribution in [0.2, 0.25) is 0 Å². The molecule has 1 aliphatic heterocycles. The van der Waals surface area contributed by atoms with Crippen LogP contribution >= 0.6 is 0 Å². The zero-order chi connectivity index (χ0) is 22.6. The third kappa shape index (κ3) is 5.32. The monoisotopic (exact) mass is 447 g/mol. The van der Waals surface area contributed by atoms with E-state index in [9.17, 15) is 23.1 Å². The molecular weight excluding hydrogens is 422 g/mol. The summed E-state index contributed by atoms with van der Waals surface area (Å²) < 4.78 is 32.8. The maximum Gasteiger partial charge on any atom is 0.339 e. The summed E-state index contributed by atoms with van der Waals surface area (Å²) in [6, 6.07) is 7.63. The summed E-state index contributed by atoms with van der Waals surface area (Å²) in [5, 5.41) is 9.70. The maximum absolute atomic E-state index is 12.7. The van der Waals surface area contributed by atoms with Crippen molar-refractivity contribution in [3.8, 4) is 0 Å². The highest BCUT2D eigenvalue weighted by Crippen LogP contribution is 2.28. The molecule has 0 spiro atoms. The van der Waals surface area contributed by atoms with E-state index in [-0.39, 0.29) is 40.5 Å². The number of nitrogens with zero attached hydrogens (tertiary/aromatic N) is 2. The minimum absolute atomic E-state index is 0.0432. The number of ether oxygens (including phenoxy) is 1. The molecule has 0 aliphatic carbocycles.